The van der Waals surface area contributed by atoms with Crippen molar-refractivity contribution in [2.45, 2.75) is 30.7 Å². The summed E-state index contributed by atoms with van der Waals surface area (Å²) in [4.78, 5) is 15.2. The van der Waals surface area contributed by atoms with Crippen LogP contribution in [0.3, 0.4) is 0 Å². The van der Waals surface area contributed by atoms with Crippen molar-refractivity contribution >= 4 is 17.7 Å². The minimum Gasteiger partial charge on any atom is -0.496 e. The van der Waals surface area contributed by atoms with Crippen LogP contribution in [-0.4, -0.2) is 42.4 Å². The molecule has 1 aliphatic carbocycles. The zero-order chi connectivity index (χ0) is 15.7. The summed E-state index contributed by atoms with van der Waals surface area (Å²) in [5.74, 6) is 0.613. The van der Waals surface area contributed by atoms with Crippen molar-refractivity contribution < 1.29 is 14.6 Å². The Labute approximate surface area is 135 Å². The largest absolute Gasteiger partial charge is 0.496 e. The van der Waals surface area contributed by atoms with E-state index in [9.17, 15) is 9.90 Å². The van der Waals surface area contributed by atoms with Crippen LogP contribution in [0.5, 0.6) is 5.75 Å². The summed E-state index contributed by atoms with van der Waals surface area (Å²) in [6, 6.07) is 6.28. The number of ether oxygens (including phenoxy) is 1. The van der Waals surface area contributed by atoms with Crippen LogP contribution in [0, 0.1) is 11.3 Å². The van der Waals surface area contributed by atoms with Gasteiger partial charge in [-0.15, -0.1) is 11.8 Å². The van der Waals surface area contributed by atoms with Gasteiger partial charge in [-0.1, -0.05) is 12.5 Å². The summed E-state index contributed by atoms with van der Waals surface area (Å²) in [5, 5.41) is 9.66. The predicted molar refractivity (Wildman–Crippen MR) is 87.5 cm³/mol. The van der Waals surface area contributed by atoms with E-state index in [1.165, 1.54) is 5.56 Å². The van der Waals surface area contributed by atoms with Gasteiger partial charge in [0, 0.05) is 24.5 Å². The molecule has 3 rings (SSSR count). The van der Waals surface area contributed by atoms with Gasteiger partial charge in [0.25, 0.3) is 0 Å². The first-order valence-corrected chi connectivity index (χ1v) is 8.98. The molecule has 1 aromatic rings. The van der Waals surface area contributed by atoms with E-state index in [0.717, 1.165) is 43.0 Å². The van der Waals surface area contributed by atoms with E-state index >= 15 is 0 Å². The van der Waals surface area contributed by atoms with E-state index in [2.05, 4.69) is 23.1 Å². The number of thioether (sulfide) groups is 1. The van der Waals surface area contributed by atoms with Crippen molar-refractivity contribution in [2.75, 3.05) is 26.5 Å². The molecule has 1 saturated carbocycles. The molecule has 0 spiro atoms. The first-order valence-electron chi connectivity index (χ1n) is 7.76. The average Bonchev–Trinajstić information content (AvgIpc) is 3.04. The van der Waals surface area contributed by atoms with Gasteiger partial charge in [-0.2, -0.15) is 0 Å². The molecular weight excluding hydrogens is 298 g/mol. The molecule has 0 unspecified atom stereocenters. The van der Waals surface area contributed by atoms with Gasteiger partial charge >= 0.3 is 5.97 Å². The molecular formula is C17H23NO3S. The Morgan fingerprint density at radius 1 is 1.55 bits per heavy atom. The molecule has 1 aromatic carbocycles. The number of methoxy groups -OCH3 is 1. The summed E-state index contributed by atoms with van der Waals surface area (Å²) >= 11 is 1.67. The number of likely N-dealkylation sites (tertiary alicyclic amines) is 1. The second-order valence-corrected chi connectivity index (χ2v) is 7.26. The predicted octanol–water partition coefficient (Wildman–Crippen LogP) is 3.10. The molecule has 1 saturated heterocycles. The zero-order valence-electron chi connectivity index (χ0n) is 13.2. The van der Waals surface area contributed by atoms with Crippen LogP contribution < -0.4 is 4.74 Å². The fourth-order valence-electron chi connectivity index (χ4n) is 4.10. The zero-order valence-corrected chi connectivity index (χ0v) is 14.0. The van der Waals surface area contributed by atoms with Gasteiger partial charge in [0.2, 0.25) is 0 Å². The van der Waals surface area contributed by atoms with Crippen LogP contribution in [0.15, 0.2) is 23.1 Å². The van der Waals surface area contributed by atoms with Crippen molar-refractivity contribution in [3.63, 3.8) is 0 Å². The maximum atomic E-state index is 11.7. The Morgan fingerprint density at radius 2 is 2.36 bits per heavy atom. The highest BCUT2D eigenvalue weighted by Crippen LogP contribution is 2.49. The second-order valence-electron chi connectivity index (χ2n) is 6.41. The smallest absolute Gasteiger partial charge is 0.311 e. The van der Waals surface area contributed by atoms with Crippen molar-refractivity contribution in [1.82, 2.24) is 4.90 Å². The fourth-order valence-corrected chi connectivity index (χ4v) is 4.65. The topological polar surface area (TPSA) is 49.8 Å². The van der Waals surface area contributed by atoms with Gasteiger partial charge < -0.3 is 9.84 Å². The summed E-state index contributed by atoms with van der Waals surface area (Å²) in [6.07, 6.45) is 4.98. The number of nitrogens with zero attached hydrogens (tertiary/aromatic N) is 1. The van der Waals surface area contributed by atoms with Crippen LogP contribution in [0.2, 0.25) is 0 Å². The minimum atomic E-state index is -0.604. The minimum absolute atomic E-state index is 0.317. The third-order valence-corrected chi connectivity index (χ3v) is 6.00. The Morgan fingerprint density at radius 3 is 3.00 bits per heavy atom. The Balaban J connectivity index is 1.74. The SMILES string of the molecule is COc1cc(CN2C[C@@H]3CCC[C@@]3(C(=O)O)C2)ccc1SC. The first-order chi connectivity index (χ1) is 10.6. The van der Waals surface area contributed by atoms with Crippen molar-refractivity contribution in [2.24, 2.45) is 11.3 Å². The van der Waals surface area contributed by atoms with E-state index in [-0.39, 0.29) is 0 Å². The number of benzene rings is 1. The van der Waals surface area contributed by atoms with E-state index in [1.54, 1.807) is 18.9 Å². The summed E-state index contributed by atoms with van der Waals surface area (Å²) in [6.45, 7) is 2.38. The van der Waals surface area contributed by atoms with Crippen molar-refractivity contribution in [1.29, 1.82) is 0 Å². The average molecular weight is 321 g/mol. The summed E-state index contributed by atoms with van der Waals surface area (Å²) in [5.41, 5.74) is 0.693. The highest BCUT2D eigenvalue weighted by Gasteiger charge is 2.54. The molecule has 0 amide bonds. The molecule has 1 aliphatic heterocycles. The normalized spacial score (nSPS) is 27.8. The van der Waals surface area contributed by atoms with Crippen LogP contribution in [-0.2, 0) is 11.3 Å². The Bertz CT molecular complexity index is 577. The van der Waals surface area contributed by atoms with Crippen LogP contribution >= 0.6 is 11.8 Å². The molecule has 5 heteroatoms. The Kier molecular flexibility index (Phi) is 4.37. The quantitative estimate of drug-likeness (QED) is 0.845. The molecule has 4 nitrogen and oxygen atoms in total. The van der Waals surface area contributed by atoms with Gasteiger partial charge in [0.1, 0.15) is 5.75 Å². The highest BCUT2D eigenvalue weighted by atomic mass is 32.2. The number of hydrogen-bond donors (Lipinski definition) is 1. The third kappa shape index (κ3) is 2.61. The summed E-state index contributed by atoms with van der Waals surface area (Å²) < 4.78 is 5.44. The lowest BCUT2D eigenvalue weighted by atomic mass is 9.81. The monoisotopic (exact) mass is 321 g/mol. The number of carboxylic acids is 1. The van der Waals surface area contributed by atoms with E-state index < -0.39 is 11.4 Å². The maximum Gasteiger partial charge on any atom is 0.311 e. The molecule has 1 heterocycles. The molecule has 0 bridgehead atoms. The number of carboxylic acid groups (broad SMARTS) is 1. The molecule has 2 atom stereocenters. The fraction of sp³-hybridized carbons (Fsp3) is 0.588. The molecule has 0 aromatic heterocycles. The molecule has 2 fully saturated rings. The van der Waals surface area contributed by atoms with Crippen molar-refractivity contribution in [3.05, 3.63) is 23.8 Å². The van der Waals surface area contributed by atoms with E-state index in [4.69, 9.17) is 4.74 Å². The number of aliphatic carboxylic acids is 1. The van der Waals surface area contributed by atoms with Crippen LogP contribution in [0.1, 0.15) is 24.8 Å². The number of hydrogen-bond acceptors (Lipinski definition) is 4. The van der Waals surface area contributed by atoms with Crippen LogP contribution in [0.25, 0.3) is 0 Å². The molecule has 2 aliphatic rings. The highest BCUT2D eigenvalue weighted by molar-refractivity contribution is 7.98. The van der Waals surface area contributed by atoms with Gasteiger partial charge in [0.15, 0.2) is 0 Å². The van der Waals surface area contributed by atoms with Gasteiger partial charge in [0.05, 0.1) is 12.5 Å². The van der Waals surface area contributed by atoms with Gasteiger partial charge in [-0.3, -0.25) is 9.69 Å². The van der Waals surface area contributed by atoms with Gasteiger partial charge in [-0.05, 0) is 42.7 Å². The lowest BCUT2D eigenvalue weighted by Crippen LogP contribution is -2.35. The summed E-state index contributed by atoms with van der Waals surface area (Å²) in [7, 11) is 1.69. The lowest BCUT2D eigenvalue weighted by Gasteiger charge is -2.23. The molecule has 22 heavy (non-hydrogen) atoms. The number of fused-ring (bicyclic) bond motifs is 1. The Hall–Kier alpha value is -1.20. The molecule has 120 valence electrons. The van der Waals surface area contributed by atoms with E-state index in [0.29, 0.717) is 12.5 Å². The van der Waals surface area contributed by atoms with Crippen molar-refractivity contribution in [3.8, 4) is 5.75 Å². The maximum absolute atomic E-state index is 11.7. The lowest BCUT2D eigenvalue weighted by molar-refractivity contribution is -0.149. The standard InChI is InChI=1S/C17H23NO3S/c1-21-14-8-12(5-6-15(14)22-2)9-18-10-13-4-3-7-17(13,11-18)16(19)20/h5-6,8,13H,3-4,7,9-11H2,1-2H3,(H,19,20)/t13-,17+/m0/s1. The van der Waals surface area contributed by atoms with E-state index in [1.807, 2.05) is 6.26 Å². The first kappa shape index (κ1) is 15.7. The van der Waals surface area contributed by atoms with Gasteiger partial charge in [-0.25, -0.2) is 0 Å². The third-order valence-electron chi connectivity index (χ3n) is 5.22. The van der Waals surface area contributed by atoms with Crippen LogP contribution in [0.4, 0.5) is 0 Å². The molecule has 0 radical (unpaired) electrons. The second kappa shape index (κ2) is 6.13. The molecule has 1 N–H and O–H groups in total. The number of carbonyl (C=O) groups is 1. The number of rotatable bonds is 5.